The third-order valence-corrected chi connectivity index (χ3v) is 5.77. The van der Waals surface area contributed by atoms with Gasteiger partial charge in [-0.15, -0.1) is 10.2 Å². The zero-order valence-electron chi connectivity index (χ0n) is 14.1. The lowest BCUT2D eigenvalue weighted by atomic mass is 9.68. The van der Waals surface area contributed by atoms with Gasteiger partial charge >= 0.3 is 5.97 Å². The first-order valence-electron chi connectivity index (χ1n) is 8.98. The molecule has 0 bridgehead atoms. The number of aromatic nitrogens is 4. The van der Waals surface area contributed by atoms with Crippen LogP contribution >= 0.6 is 0 Å². The van der Waals surface area contributed by atoms with Gasteiger partial charge in [0.25, 0.3) is 0 Å². The average molecular weight is 341 g/mol. The van der Waals surface area contributed by atoms with Gasteiger partial charge in [-0.05, 0) is 73.2 Å². The van der Waals surface area contributed by atoms with E-state index in [1.54, 1.807) is 0 Å². The predicted molar refractivity (Wildman–Crippen MR) is 91.7 cm³/mol. The molecular weight excluding hydrogens is 318 g/mol. The molecule has 7 heteroatoms. The molecule has 0 amide bonds. The third-order valence-electron chi connectivity index (χ3n) is 5.77. The van der Waals surface area contributed by atoms with Crippen molar-refractivity contribution in [3.05, 3.63) is 29.8 Å². The second-order valence-electron chi connectivity index (χ2n) is 7.37. The van der Waals surface area contributed by atoms with Gasteiger partial charge in [-0.25, -0.2) is 0 Å². The molecule has 0 radical (unpaired) electrons. The first kappa shape index (κ1) is 16.2. The molecule has 1 saturated heterocycles. The average Bonchev–Trinajstić information content (AvgIpc) is 3.16. The molecule has 3 N–H and O–H groups in total. The number of nitrogens with zero attached hydrogens (tertiary/aromatic N) is 3. The van der Waals surface area contributed by atoms with Gasteiger partial charge in [0.2, 0.25) is 5.82 Å². The number of H-pyrrole nitrogens is 1. The number of hydrogen-bond donors (Lipinski definition) is 3. The zero-order chi connectivity index (χ0) is 17.2. The lowest BCUT2D eigenvalue weighted by Gasteiger charge is -2.41. The Bertz CT molecular complexity index is 733. The number of aliphatic carboxylic acids is 1. The van der Waals surface area contributed by atoms with Gasteiger partial charge in [-0.3, -0.25) is 4.79 Å². The number of aromatic amines is 1. The minimum Gasteiger partial charge on any atom is -0.480 e. The standard InChI is InChI=1S/C18H23N5O2/c24-18(25)16-9-15-8-12(4-5-14(15)10-19-16)6-11-2-1-3-13(7-11)17-20-22-23-21-17/h1-3,7,12,14-16,19H,4-6,8-10H2,(H,24,25)(H,20,21,22,23)/t12-,14+,15-,16+/m1/s1. The van der Waals surface area contributed by atoms with Crippen LogP contribution in [0.3, 0.4) is 0 Å². The number of fused-ring (bicyclic) bond motifs is 1. The van der Waals surface area contributed by atoms with Crippen LogP contribution < -0.4 is 5.32 Å². The Morgan fingerprint density at radius 3 is 2.96 bits per heavy atom. The summed E-state index contributed by atoms with van der Waals surface area (Å²) in [5.41, 5.74) is 2.27. The smallest absolute Gasteiger partial charge is 0.320 e. The molecular formula is C18H23N5O2. The number of benzene rings is 1. The molecule has 1 aromatic carbocycles. The Morgan fingerprint density at radius 2 is 2.16 bits per heavy atom. The van der Waals surface area contributed by atoms with Crippen molar-refractivity contribution in [2.24, 2.45) is 17.8 Å². The van der Waals surface area contributed by atoms with Crippen molar-refractivity contribution in [2.75, 3.05) is 6.54 Å². The molecule has 7 nitrogen and oxygen atoms in total. The first-order chi connectivity index (χ1) is 12.2. The number of carboxylic acids is 1. The van der Waals surface area contributed by atoms with Crippen molar-refractivity contribution in [3.8, 4) is 11.4 Å². The van der Waals surface area contributed by atoms with E-state index in [0.29, 0.717) is 23.6 Å². The van der Waals surface area contributed by atoms with Crippen molar-refractivity contribution < 1.29 is 9.90 Å². The highest BCUT2D eigenvalue weighted by molar-refractivity contribution is 5.73. The number of nitrogens with one attached hydrogen (secondary N) is 2. The molecule has 2 aromatic rings. The summed E-state index contributed by atoms with van der Waals surface area (Å²) < 4.78 is 0. The molecule has 1 aliphatic carbocycles. The summed E-state index contributed by atoms with van der Waals surface area (Å²) in [5.74, 6) is 1.69. The Balaban J connectivity index is 1.42. The zero-order valence-corrected chi connectivity index (χ0v) is 14.1. The normalized spacial score (nSPS) is 29.1. The summed E-state index contributed by atoms with van der Waals surface area (Å²) in [6, 6.07) is 7.95. The summed E-state index contributed by atoms with van der Waals surface area (Å²) in [5, 5.41) is 26.6. The van der Waals surface area contributed by atoms with E-state index < -0.39 is 5.97 Å². The van der Waals surface area contributed by atoms with Crippen LogP contribution in [0.25, 0.3) is 11.4 Å². The largest absolute Gasteiger partial charge is 0.480 e. The number of hydrogen-bond acceptors (Lipinski definition) is 5. The van der Waals surface area contributed by atoms with Crippen molar-refractivity contribution in [3.63, 3.8) is 0 Å². The third kappa shape index (κ3) is 3.56. The van der Waals surface area contributed by atoms with Crippen molar-refractivity contribution in [1.82, 2.24) is 25.9 Å². The fourth-order valence-corrected chi connectivity index (χ4v) is 4.49. The summed E-state index contributed by atoms with van der Waals surface area (Å²) in [6.45, 7) is 0.849. The highest BCUT2D eigenvalue weighted by Crippen LogP contribution is 2.40. The van der Waals surface area contributed by atoms with E-state index in [1.165, 1.54) is 18.4 Å². The Morgan fingerprint density at radius 1 is 1.24 bits per heavy atom. The summed E-state index contributed by atoms with van der Waals surface area (Å²) >= 11 is 0. The van der Waals surface area contributed by atoms with E-state index >= 15 is 0 Å². The lowest BCUT2D eigenvalue weighted by molar-refractivity contribution is -0.141. The minimum atomic E-state index is -0.714. The monoisotopic (exact) mass is 341 g/mol. The Kier molecular flexibility index (Phi) is 4.48. The van der Waals surface area contributed by atoms with Gasteiger partial charge in [0.05, 0.1) is 0 Å². The maximum absolute atomic E-state index is 11.3. The topological polar surface area (TPSA) is 104 Å². The van der Waals surface area contributed by atoms with Crippen LogP contribution in [0.2, 0.25) is 0 Å². The molecule has 132 valence electrons. The van der Waals surface area contributed by atoms with E-state index in [-0.39, 0.29) is 6.04 Å². The van der Waals surface area contributed by atoms with E-state index in [4.69, 9.17) is 0 Å². The highest BCUT2D eigenvalue weighted by atomic mass is 16.4. The van der Waals surface area contributed by atoms with Crippen molar-refractivity contribution in [2.45, 2.75) is 38.1 Å². The molecule has 1 aliphatic heterocycles. The molecule has 4 atom stereocenters. The highest BCUT2D eigenvalue weighted by Gasteiger charge is 2.37. The van der Waals surface area contributed by atoms with E-state index in [1.807, 2.05) is 12.1 Å². The number of carboxylic acid groups (broad SMARTS) is 1. The summed E-state index contributed by atoms with van der Waals surface area (Å²) in [4.78, 5) is 11.3. The fraction of sp³-hybridized carbons (Fsp3) is 0.556. The molecule has 4 rings (SSSR count). The maximum atomic E-state index is 11.3. The van der Waals surface area contributed by atoms with E-state index in [2.05, 4.69) is 38.1 Å². The van der Waals surface area contributed by atoms with Gasteiger partial charge in [0.15, 0.2) is 0 Å². The SMILES string of the molecule is O=C(O)[C@@H]1C[C@H]2C[C@@H](Cc3cccc(-c4nn[nH]n4)c3)CC[C@H]2CN1. The van der Waals surface area contributed by atoms with Crippen LogP contribution in [0.4, 0.5) is 0 Å². The molecule has 2 heterocycles. The summed E-state index contributed by atoms with van der Waals surface area (Å²) in [7, 11) is 0. The van der Waals surface area contributed by atoms with Gasteiger partial charge in [-0.1, -0.05) is 18.2 Å². The summed E-state index contributed by atoms with van der Waals surface area (Å²) in [6.07, 6.45) is 5.33. The molecule has 25 heavy (non-hydrogen) atoms. The van der Waals surface area contributed by atoms with Crippen LogP contribution in [0, 0.1) is 17.8 Å². The van der Waals surface area contributed by atoms with Crippen LogP contribution in [0.5, 0.6) is 0 Å². The van der Waals surface area contributed by atoms with Gasteiger partial charge < -0.3 is 10.4 Å². The number of carbonyl (C=O) groups is 1. The van der Waals surface area contributed by atoms with Crippen molar-refractivity contribution >= 4 is 5.97 Å². The van der Waals surface area contributed by atoms with E-state index in [9.17, 15) is 9.90 Å². The Hall–Kier alpha value is -2.28. The van der Waals surface area contributed by atoms with E-state index in [0.717, 1.165) is 31.4 Å². The lowest BCUT2D eigenvalue weighted by Crippen LogP contribution is -2.49. The van der Waals surface area contributed by atoms with Crippen molar-refractivity contribution in [1.29, 1.82) is 0 Å². The molecule has 1 aromatic heterocycles. The minimum absolute atomic E-state index is 0.374. The van der Waals surface area contributed by atoms with Crippen LogP contribution in [0.1, 0.15) is 31.2 Å². The molecule has 0 unspecified atom stereocenters. The molecule has 0 spiro atoms. The Labute approximate surface area is 146 Å². The van der Waals surface area contributed by atoms with Crippen LogP contribution in [-0.2, 0) is 11.2 Å². The second kappa shape index (κ2) is 6.92. The molecule has 2 aliphatic rings. The van der Waals surface area contributed by atoms with Crippen LogP contribution in [-0.4, -0.2) is 44.3 Å². The quantitative estimate of drug-likeness (QED) is 0.784. The number of rotatable bonds is 4. The first-order valence-corrected chi connectivity index (χ1v) is 8.98. The number of tetrazole rings is 1. The number of piperidine rings is 1. The predicted octanol–water partition coefficient (Wildman–Crippen LogP) is 1.89. The van der Waals surface area contributed by atoms with Gasteiger partial charge in [0, 0.05) is 5.56 Å². The van der Waals surface area contributed by atoms with Crippen LogP contribution in [0.15, 0.2) is 24.3 Å². The molecule has 1 saturated carbocycles. The van der Waals surface area contributed by atoms with Gasteiger partial charge in [-0.2, -0.15) is 5.21 Å². The fourth-order valence-electron chi connectivity index (χ4n) is 4.49. The second-order valence-corrected chi connectivity index (χ2v) is 7.37. The molecule has 2 fully saturated rings. The maximum Gasteiger partial charge on any atom is 0.320 e. The van der Waals surface area contributed by atoms with Gasteiger partial charge in [0.1, 0.15) is 6.04 Å².